The molecule has 0 saturated carbocycles. The van der Waals surface area contributed by atoms with E-state index in [1.165, 1.54) is 11.1 Å². The highest BCUT2D eigenvalue weighted by atomic mass is 16.5. The van der Waals surface area contributed by atoms with Crippen molar-refractivity contribution in [2.75, 3.05) is 19.4 Å². The van der Waals surface area contributed by atoms with E-state index in [0.29, 0.717) is 6.04 Å². The Kier molecular flexibility index (Phi) is 6.28. The molecule has 0 fully saturated rings. The van der Waals surface area contributed by atoms with Crippen molar-refractivity contribution in [2.24, 2.45) is 0 Å². The summed E-state index contributed by atoms with van der Waals surface area (Å²) in [6.07, 6.45) is 3.26. The van der Waals surface area contributed by atoms with E-state index in [0.717, 1.165) is 37.2 Å². The monoisotopic (exact) mass is 298 g/mol. The minimum absolute atomic E-state index is 0.472. The van der Waals surface area contributed by atoms with Crippen molar-refractivity contribution in [1.29, 1.82) is 0 Å². The number of hydrogen-bond donors (Lipinski definition) is 2. The summed E-state index contributed by atoms with van der Waals surface area (Å²) in [7, 11) is 1.69. The largest absolute Gasteiger partial charge is 0.497 e. The number of nitrogens with two attached hydrogens (primary N) is 1. The van der Waals surface area contributed by atoms with Crippen LogP contribution in [0, 0.1) is 0 Å². The van der Waals surface area contributed by atoms with Gasteiger partial charge in [-0.25, -0.2) is 0 Å². The quantitative estimate of drug-likeness (QED) is 0.580. The van der Waals surface area contributed by atoms with Crippen LogP contribution in [0.2, 0.25) is 0 Å². The number of rotatable bonds is 8. The first kappa shape index (κ1) is 16.4. The number of nitrogen functional groups attached to an aromatic ring is 1. The van der Waals surface area contributed by atoms with Gasteiger partial charge in [-0.3, -0.25) is 0 Å². The third-order valence-corrected chi connectivity index (χ3v) is 3.82. The lowest BCUT2D eigenvalue weighted by atomic mass is 10.1. The van der Waals surface area contributed by atoms with Crippen molar-refractivity contribution >= 4 is 5.69 Å². The average molecular weight is 298 g/mol. The number of aryl methyl sites for hydroxylation is 1. The summed E-state index contributed by atoms with van der Waals surface area (Å²) in [6.45, 7) is 3.26. The first-order valence-electron chi connectivity index (χ1n) is 7.88. The Labute approximate surface area is 133 Å². The number of methoxy groups -OCH3 is 1. The molecule has 2 aromatic carbocycles. The van der Waals surface area contributed by atoms with E-state index in [9.17, 15) is 0 Å². The highest BCUT2D eigenvalue weighted by Gasteiger charge is 2.03. The summed E-state index contributed by atoms with van der Waals surface area (Å²) in [5, 5.41) is 3.59. The lowest BCUT2D eigenvalue weighted by molar-refractivity contribution is 0.414. The third-order valence-electron chi connectivity index (χ3n) is 3.82. The smallest absolute Gasteiger partial charge is 0.118 e. The van der Waals surface area contributed by atoms with Gasteiger partial charge in [-0.05, 0) is 68.1 Å². The molecule has 0 amide bonds. The summed E-state index contributed by atoms with van der Waals surface area (Å²) >= 11 is 0. The summed E-state index contributed by atoms with van der Waals surface area (Å²) in [5.41, 5.74) is 9.20. The number of anilines is 1. The second kappa shape index (κ2) is 8.44. The van der Waals surface area contributed by atoms with E-state index in [-0.39, 0.29) is 0 Å². The first-order chi connectivity index (χ1) is 10.7. The van der Waals surface area contributed by atoms with Crippen molar-refractivity contribution in [2.45, 2.75) is 32.2 Å². The molecular formula is C19H26N2O. The Balaban J connectivity index is 1.66. The van der Waals surface area contributed by atoms with Crippen LogP contribution in [-0.4, -0.2) is 19.7 Å². The summed E-state index contributed by atoms with van der Waals surface area (Å²) in [5.74, 6) is 0.910. The molecule has 0 saturated heterocycles. The zero-order chi connectivity index (χ0) is 15.8. The second-order valence-corrected chi connectivity index (χ2v) is 5.75. The molecule has 1 unspecified atom stereocenters. The molecule has 0 spiro atoms. The van der Waals surface area contributed by atoms with Crippen molar-refractivity contribution in [3.05, 3.63) is 59.7 Å². The molecule has 0 aromatic heterocycles. The number of ether oxygens (including phenoxy) is 1. The number of hydrogen-bond acceptors (Lipinski definition) is 3. The zero-order valence-electron chi connectivity index (χ0n) is 13.5. The number of benzene rings is 2. The summed E-state index contributed by atoms with van der Waals surface area (Å²) < 4.78 is 5.18. The van der Waals surface area contributed by atoms with Gasteiger partial charge in [-0.15, -0.1) is 0 Å². The molecule has 3 heteroatoms. The predicted molar refractivity (Wildman–Crippen MR) is 93.3 cm³/mol. The Bertz CT molecular complexity index is 549. The third kappa shape index (κ3) is 5.41. The minimum Gasteiger partial charge on any atom is -0.497 e. The van der Waals surface area contributed by atoms with Gasteiger partial charge in [-0.1, -0.05) is 24.3 Å². The van der Waals surface area contributed by atoms with Gasteiger partial charge in [0.15, 0.2) is 0 Å². The normalized spacial score (nSPS) is 12.1. The Hall–Kier alpha value is -2.00. The Morgan fingerprint density at radius 3 is 2.27 bits per heavy atom. The standard InChI is InChI=1S/C19H26N2O/c1-15(14-17-7-11-19(22-2)12-8-17)21-13-3-4-16-5-9-18(20)10-6-16/h5-12,15,21H,3-4,13-14,20H2,1-2H3. The van der Waals surface area contributed by atoms with Gasteiger partial charge in [0.05, 0.1) is 7.11 Å². The predicted octanol–water partition coefficient (Wildman–Crippen LogP) is 3.43. The van der Waals surface area contributed by atoms with Gasteiger partial charge >= 0.3 is 0 Å². The van der Waals surface area contributed by atoms with Crippen molar-refractivity contribution in [1.82, 2.24) is 5.32 Å². The van der Waals surface area contributed by atoms with Crippen molar-refractivity contribution in [3.63, 3.8) is 0 Å². The van der Waals surface area contributed by atoms with E-state index < -0.39 is 0 Å². The molecule has 0 heterocycles. The van der Waals surface area contributed by atoms with Gasteiger partial charge in [0.25, 0.3) is 0 Å². The molecule has 0 radical (unpaired) electrons. The molecule has 2 aromatic rings. The zero-order valence-corrected chi connectivity index (χ0v) is 13.5. The average Bonchev–Trinajstić information content (AvgIpc) is 2.54. The molecule has 0 aliphatic carbocycles. The molecule has 0 bridgehead atoms. The van der Waals surface area contributed by atoms with Crippen LogP contribution in [-0.2, 0) is 12.8 Å². The Morgan fingerprint density at radius 2 is 1.64 bits per heavy atom. The maximum Gasteiger partial charge on any atom is 0.118 e. The van der Waals surface area contributed by atoms with Crippen LogP contribution >= 0.6 is 0 Å². The lowest BCUT2D eigenvalue weighted by Crippen LogP contribution is -2.29. The van der Waals surface area contributed by atoms with Crippen LogP contribution in [0.15, 0.2) is 48.5 Å². The topological polar surface area (TPSA) is 47.3 Å². The molecule has 0 aliphatic heterocycles. The molecule has 22 heavy (non-hydrogen) atoms. The fraction of sp³-hybridized carbons (Fsp3) is 0.368. The van der Waals surface area contributed by atoms with Gasteiger partial charge < -0.3 is 15.8 Å². The van der Waals surface area contributed by atoms with E-state index in [4.69, 9.17) is 10.5 Å². The lowest BCUT2D eigenvalue weighted by Gasteiger charge is -2.14. The SMILES string of the molecule is COc1ccc(CC(C)NCCCc2ccc(N)cc2)cc1. The van der Waals surface area contributed by atoms with Crippen LogP contribution in [0.5, 0.6) is 5.75 Å². The maximum atomic E-state index is 5.69. The molecule has 3 nitrogen and oxygen atoms in total. The van der Waals surface area contributed by atoms with Gasteiger partial charge in [0, 0.05) is 11.7 Å². The number of nitrogens with one attached hydrogen (secondary N) is 1. The molecular weight excluding hydrogens is 272 g/mol. The minimum atomic E-state index is 0.472. The molecule has 118 valence electrons. The second-order valence-electron chi connectivity index (χ2n) is 5.75. The molecule has 2 rings (SSSR count). The van der Waals surface area contributed by atoms with Crippen molar-refractivity contribution in [3.8, 4) is 5.75 Å². The van der Waals surface area contributed by atoms with Crippen LogP contribution in [0.3, 0.4) is 0 Å². The highest BCUT2D eigenvalue weighted by Crippen LogP contribution is 2.12. The molecule has 0 aliphatic rings. The van der Waals surface area contributed by atoms with Gasteiger partial charge in [0.2, 0.25) is 0 Å². The highest BCUT2D eigenvalue weighted by molar-refractivity contribution is 5.39. The van der Waals surface area contributed by atoms with E-state index in [1.807, 2.05) is 24.3 Å². The maximum absolute atomic E-state index is 5.69. The van der Waals surface area contributed by atoms with Crippen LogP contribution in [0.4, 0.5) is 5.69 Å². The first-order valence-corrected chi connectivity index (χ1v) is 7.88. The summed E-state index contributed by atoms with van der Waals surface area (Å²) in [4.78, 5) is 0. The van der Waals surface area contributed by atoms with Crippen LogP contribution in [0.25, 0.3) is 0 Å². The van der Waals surface area contributed by atoms with Crippen LogP contribution < -0.4 is 15.8 Å². The fourth-order valence-corrected chi connectivity index (χ4v) is 2.51. The van der Waals surface area contributed by atoms with Crippen LogP contribution in [0.1, 0.15) is 24.5 Å². The van der Waals surface area contributed by atoms with Gasteiger partial charge in [0.1, 0.15) is 5.75 Å². The molecule has 1 atom stereocenters. The van der Waals surface area contributed by atoms with Gasteiger partial charge in [-0.2, -0.15) is 0 Å². The molecule has 3 N–H and O–H groups in total. The fourth-order valence-electron chi connectivity index (χ4n) is 2.51. The Morgan fingerprint density at radius 1 is 1.00 bits per heavy atom. The van der Waals surface area contributed by atoms with Crippen molar-refractivity contribution < 1.29 is 4.74 Å². The van der Waals surface area contributed by atoms with E-state index in [2.05, 4.69) is 36.5 Å². The van der Waals surface area contributed by atoms with E-state index in [1.54, 1.807) is 7.11 Å². The van der Waals surface area contributed by atoms with E-state index >= 15 is 0 Å². The summed E-state index contributed by atoms with van der Waals surface area (Å²) in [6, 6.07) is 16.9.